The maximum absolute atomic E-state index is 12.3. The second-order valence-electron chi connectivity index (χ2n) is 2.95. The fourth-order valence-corrected chi connectivity index (χ4v) is 1.62. The molecule has 0 unspecified atom stereocenters. The van der Waals surface area contributed by atoms with E-state index in [0.717, 1.165) is 12.3 Å². The first-order valence-electron chi connectivity index (χ1n) is 3.72. The van der Waals surface area contributed by atoms with Gasteiger partial charge in [0.05, 0.1) is 10.5 Å². The number of benzene rings is 1. The van der Waals surface area contributed by atoms with Gasteiger partial charge in [0.1, 0.15) is 5.75 Å². The maximum atomic E-state index is 12.3. The van der Waals surface area contributed by atoms with Gasteiger partial charge in [0.25, 0.3) is 0 Å². The Kier molecular flexibility index (Phi) is 2.69. The minimum atomic E-state index is -4.77. The summed E-state index contributed by atoms with van der Waals surface area (Å²) in [6.45, 7) is 0. The lowest BCUT2D eigenvalue weighted by atomic mass is 10.2. The van der Waals surface area contributed by atoms with Crippen LogP contribution in [0.25, 0.3) is 0 Å². The van der Waals surface area contributed by atoms with Crippen molar-refractivity contribution in [1.29, 1.82) is 0 Å². The van der Waals surface area contributed by atoms with Crippen molar-refractivity contribution in [2.24, 2.45) is 0 Å². The van der Waals surface area contributed by atoms with E-state index in [0.29, 0.717) is 12.1 Å². The van der Waals surface area contributed by atoms with Gasteiger partial charge in [0, 0.05) is 6.26 Å². The first kappa shape index (κ1) is 11.8. The number of rotatable bonds is 1. The van der Waals surface area contributed by atoms with Gasteiger partial charge in [-0.05, 0) is 18.2 Å². The van der Waals surface area contributed by atoms with Crippen molar-refractivity contribution in [3.8, 4) is 5.75 Å². The average Bonchev–Trinajstić information content (AvgIpc) is 2.00. The Bertz CT molecular complexity index is 476. The largest absolute Gasteiger partial charge is 0.507 e. The van der Waals surface area contributed by atoms with Crippen molar-refractivity contribution in [2.45, 2.75) is 11.1 Å². The predicted molar refractivity (Wildman–Crippen MR) is 46.2 cm³/mol. The number of phenols is 1. The van der Waals surface area contributed by atoms with Gasteiger partial charge in [-0.2, -0.15) is 13.2 Å². The van der Waals surface area contributed by atoms with E-state index in [1.165, 1.54) is 0 Å². The zero-order chi connectivity index (χ0) is 11.9. The second kappa shape index (κ2) is 3.41. The minimum Gasteiger partial charge on any atom is -0.507 e. The highest BCUT2D eigenvalue weighted by atomic mass is 32.2. The summed E-state index contributed by atoms with van der Waals surface area (Å²) < 4.78 is 58.7. The first-order valence-corrected chi connectivity index (χ1v) is 5.62. The first-order chi connectivity index (χ1) is 6.62. The molecule has 1 aromatic carbocycles. The summed E-state index contributed by atoms with van der Waals surface area (Å²) in [7, 11) is -3.71. The zero-order valence-electron chi connectivity index (χ0n) is 7.54. The van der Waals surface area contributed by atoms with Gasteiger partial charge in [-0.25, -0.2) is 8.42 Å². The Morgan fingerprint density at radius 3 is 2.20 bits per heavy atom. The summed E-state index contributed by atoms with van der Waals surface area (Å²) in [5.41, 5.74) is -1.36. The molecule has 1 rings (SSSR count). The van der Waals surface area contributed by atoms with Crippen molar-refractivity contribution in [3.05, 3.63) is 23.8 Å². The molecule has 0 fully saturated rings. The molecule has 1 aromatic rings. The van der Waals surface area contributed by atoms with E-state index in [4.69, 9.17) is 5.11 Å². The third-order valence-electron chi connectivity index (χ3n) is 1.70. The lowest BCUT2D eigenvalue weighted by Crippen LogP contribution is -2.07. The third kappa shape index (κ3) is 2.62. The van der Waals surface area contributed by atoms with Gasteiger partial charge in [-0.1, -0.05) is 0 Å². The molecule has 1 N–H and O–H groups in total. The third-order valence-corrected chi connectivity index (χ3v) is 2.81. The smallest absolute Gasteiger partial charge is 0.419 e. The van der Waals surface area contributed by atoms with Crippen LogP contribution in [-0.2, 0) is 16.0 Å². The molecule has 0 aromatic heterocycles. The molecule has 0 amide bonds. The van der Waals surface area contributed by atoms with Crippen LogP contribution in [-0.4, -0.2) is 19.8 Å². The van der Waals surface area contributed by atoms with Gasteiger partial charge < -0.3 is 5.11 Å². The summed E-state index contributed by atoms with van der Waals surface area (Å²) >= 11 is 0. The molecule has 0 saturated heterocycles. The van der Waals surface area contributed by atoms with Crippen LogP contribution in [0.3, 0.4) is 0 Å². The summed E-state index contributed by atoms with van der Waals surface area (Å²) in [4.78, 5) is -0.479. The number of alkyl halides is 3. The van der Waals surface area contributed by atoms with E-state index in [-0.39, 0.29) is 0 Å². The van der Waals surface area contributed by atoms with Crippen LogP contribution in [0.5, 0.6) is 5.75 Å². The molecule has 15 heavy (non-hydrogen) atoms. The van der Waals surface area contributed by atoms with E-state index >= 15 is 0 Å². The molecule has 0 aliphatic carbocycles. The van der Waals surface area contributed by atoms with Crippen LogP contribution < -0.4 is 0 Å². The lowest BCUT2D eigenvalue weighted by Gasteiger charge is -2.09. The molecule has 0 aliphatic heterocycles. The van der Waals surface area contributed by atoms with Crippen molar-refractivity contribution in [1.82, 2.24) is 0 Å². The van der Waals surface area contributed by atoms with Gasteiger partial charge in [0.15, 0.2) is 9.84 Å². The molecule has 0 spiro atoms. The number of halogens is 3. The summed E-state index contributed by atoms with van der Waals surface area (Å²) in [5, 5.41) is 8.92. The highest BCUT2D eigenvalue weighted by molar-refractivity contribution is 7.90. The molecule has 0 radical (unpaired) electrons. The SMILES string of the molecule is CS(=O)(=O)c1ccc(O)c(C(F)(F)F)c1. The average molecular weight is 240 g/mol. The minimum absolute atomic E-state index is 0.407. The summed E-state index contributed by atoms with van der Waals surface area (Å²) in [5.74, 6) is -0.991. The Hall–Kier alpha value is -1.24. The Labute approximate surface area is 84.1 Å². The fourth-order valence-electron chi connectivity index (χ4n) is 0.973. The van der Waals surface area contributed by atoms with Crippen LogP contribution in [0.4, 0.5) is 13.2 Å². The molecule has 0 aliphatic rings. The van der Waals surface area contributed by atoms with Crippen LogP contribution in [0.2, 0.25) is 0 Å². The maximum Gasteiger partial charge on any atom is 0.419 e. The van der Waals surface area contributed by atoms with E-state index in [1.54, 1.807) is 0 Å². The number of sulfone groups is 1. The topological polar surface area (TPSA) is 54.4 Å². The fraction of sp³-hybridized carbons (Fsp3) is 0.250. The molecule has 7 heteroatoms. The van der Waals surface area contributed by atoms with E-state index < -0.39 is 32.2 Å². The lowest BCUT2D eigenvalue weighted by molar-refractivity contribution is -0.138. The molecule has 84 valence electrons. The molecular weight excluding hydrogens is 233 g/mol. The predicted octanol–water partition coefficient (Wildman–Crippen LogP) is 1.81. The second-order valence-corrected chi connectivity index (χ2v) is 4.96. The van der Waals surface area contributed by atoms with Crippen molar-refractivity contribution in [2.75, 3.05) is 6.26 Å². The van der Waals surface area contributed by atoms with Gasteiger partial charge in [-0.15, -0.1) is 0 Å². The van der Waals surface area contributed by atoms with Crippen molar-refractivity contribution >= 4 is 9.84 Å². The summed E-state index contributed by atoms with van der Waals surface area (Å²) in [6, 6.07) is 2.03. The molecule has 0 atom stereocenters. The molecule has 0 heterocycles. The number of hydrogen-bond donors (Lipinski definition) is 1. The molecule has 3 nitrogen and oxygen atoms in total. The normalized spacial score (nSPS) is 12.8. The molecular formula is C8H7F3O3S. The number of phenolic OH excluding ortho intramolecular Hbond substituents is 1. The molecule has 0 bridgehead atoms. The van der Waals surface area contributed by atoms with E-state index in [9.17, 15) is 21.6 Å². The van der Waals surface area contributed by atoms with Crippen LogP contribution >= 0.6 is 0 Å². The van der Waals surface area contributed by atoms with Crippen LogP contribution in [0.15, 0.2) is 23.1 Å². The van der Waals surface area contributed by atoms with E-state index in [1.807, 2.05) is 0 Å². The van der Waals surface area contributed by atoms with Gasteiger partial charge in [0.2, 0.25) is 0 Å². The monoisotopic (exact) mass is 240 g/mol. The Balaban J connectivity index is 3.43. The highest BCUT2D eigenvalue weighted by Crippen LogP contribution is 2.36. The van der Waals surface area contributed by atoms with Crippen LogP contribution in [0.1, 0.15) is 5.56 Å². The quantitative estimate of drug-likeness (QED) is 0.814. The zero-order valence-corrected chi connectivity index (χ0v) is 8.35. The van der Waals surface area contributed by atoms with E-state index in [2.05, 4.69) is 0 Å². The van der Waals surface area contributed by atoms with Gasteiger partial charge in [-0.3, -0.25) is 0 Å². The Morgan fingerprint density at radius 1 is 1.27 bits per heavy atom. The standard InChI is InChI=1S/C8H7F3O3S/c1-15(13,14)5-2-3-7(12)6(4-5)8(9,10)11/h2-4,12H,1H3. The van der Waals surface area contributed by atoms with Crippen molar-refractivity contribution in [3.63, 3.8) is 0 Å². The molecule has 0 saturated carbocycles. The van der Waals surface area contributed by atoms with Gasteiger partial charge >= 0.3 is 6.18 Å². The summed E-state index contributed by atoms with van der Waals surface area (Å²) in [6.07, 6.45) is -3.98. The Morgan fingerprint density at radius 2 is 1.80 bits per heavy atom. The number of aromatic hydroxyl groups is 1. The highest BCUT2D eigenvalue weighted by Gasteiger charge is 2.34. The van der Waals surface area contributed by atoms with Crippen molar-refractivity contribution < 1.29 is 26.7 Å². The number of hydrogen-bond acceptors (Lipinski definition) is 3. The van der Waals surface area contributed by atoms with Crippen LogP contribution in [0, 0.1) is 0 Å².